The number of ether oxygens (including phenoxy) is 1. The second-order valence-corrected chi connectivity index (χ2v) is 3.09. The third-order valence-electron chi connectivity index (χ3n) is 2.07. The highest BCUT2D eigenvalue weighted by Crippen LogP contribution is 2.08. The number of rotatable bonds is 4. The Kier molecular flexibility index (Phi) is 3.83. The van der Waals surface area contributed by atoms with E-state index in [1.54, 1.807) is 7.11 Å². The first-order chi connectivity index (χ1) is 5.33. The molecule has 11 heavy (non-hydrogen) atoms. The SMILES string of the molecule is COCCCN1CCC(O)C1. The van der Waals surface area contributed by atoms with Gasteiger partial charge in [0.25, 0.3) is 0 Å². The van der Waals surface area contributed by atoms with Gasteiger partial charge in [-0.3, -0.25) is 0 Å². The van der Waals surface area contributed by atoms with Gasteiger partial charge in [0, 0.05) is 33.4 Å². The Morgan fingerprint density at radius 3 is 3.00 bits per heavy atom. The first-order valence-corrected chi connectivity index (χ1v) is 4.22. The Balaban J connectivity index is 1.99. The maximum Gasteiger partial charge on any atom is 0.0679 e. The van der Waals surface area contributed by atoms with Crippen LogP contribution in [0.3, 0.4) is 0 Å². The first kappa shape index (κ1) is 8.97. The van der Waals surface area contributed by atoms with E-state index in [9.17, 15) is 5.11 Å². The minimum absolute atomic E-state index is 0.0856. The van der Waals surface area contributed by atoms with Gasteiger partial charge in [-0.1, -0.05) is 0 Å². The lowest BCUT2D eigenvalue weighted by Crippen LogP contribution is -2.23. The van der Waals surface area contributed by atoms with Gasteiger partial charge in [-0.25, -0.2) is 0 Å². The Morgan fingerprint density at radius 1 is 1.64 bits per heavy atom. The molecule has 1 rings (SSSR count). The summed E-state index contributed by atoms with van der Waals surface area (Å²) in [7, 11) is 1.72. The molecule has 1 saturated heterocycles. The average Bonchev–Trinajstić information content (AvgIpc) is 2.37. The minimum atomic E-state index is -0.0856. The van der Waals surface area contributed by atoms with Gasteiger partial charge in [-0.2, -0.15) is 0 Å². The Bertz CT molecular complexity index is 108. The quantitative estimate of drug-likeness (QED) is 0.590. The van der Waals surface area contributed by atoms with E-state index in [1.165, 1.54) is 0 Å². The molecule has 1 fully saturated rings. The lowest BCUT2D eigenvalue weighted by atomic mass is 10.3. The van der Waals surface area contributed by atoms with Crippen LogP contribution >= 0.6 is 0 Å². The average molecular weight is 159 g/mol. The van der Waals surface area contributed by atoms with E-state index in [0.29, 0.717) is 0 Å². The lowest BCUT2D eigenvalue weighted by Gasteiger charge is -2.13. The highest BCUT2D eigenvalue weighted by molar-refractivity contribution is 4.73. The van der Waals surface area contributed by atoms with Gasteiger partial charge in [0.05, 0.1) is 6.10 Å². The summed E-state index contributed by atoms with van der Waals surface area (Å²) < 4.78 is 4.94. The number of nitrogens with zero attached hydrogens (tertiary/aromatic N) is 1. The van der Waals surface area contributed by atoms with Gasteiger partial charge in [0.15, 0.2) is 0 Å². The van der Waals surface area contributed by atoms with Crippen molar-refractivity contribution in [2.45, 2.75) is 18.9 Å². The molecule has 1 heterocycles. The predicted octanol–water partition coefficient (Wildman–Crippen LogP) is 0.0895. The van der Waals surface area contributed by atoms with Crippen LogP contribution in [0, 0.1) is 0 Å². The number of hydrogen-bond donors (Lipinski definition) is 1. The van der Waals surface area contributed by atoms with Gasteiger partial charge in [-0.05, 0) is 12.8 Å². The van der Waals surface area contributed by atoms with E-state index in [1.807, 2.05) is 0 Å². The molecule has 1 N–H and O–H groups in total. The van der Waals surface area contributed by atoms with Crippen molar-refractivity contribution in [2.75, 3.05) is 33.4 Å². The molecule has 3 heteroatoms. The summed E-state index contributed by atoms with van der Waals surface area (Å²) in [5.74, 6) is 0. The molecule has 0 radical (unpaired) electrons. The largest absolute Gasteiger partial charge is 0.392 e. The smallest absolute Gasteiger partial charge is 0.0679 e. The van der Waals surface area contributed by atoms with Crippen LogP contribution in [0.25, 0.3) is 0 Å². The number of aliphatic hydroxyl groups excluding tert-OH is 1. The number of β-amino-alcohol motifs (C(OH)–C–C–N with tert-alkyl or cyclic N) is 1. The maximum absolute atomic E-state index is 9.18. The molecule has 1 aliphatic heterocycles. The van der Waals surface area contributed by atoms with Crippen LogP contribution in [0.1, 0.15) is 12.8 Å². The molecule has 0 amide bonds. The molecule has 0 aromatic carbocycles. The third-order valence-corrected chi connectivity index (χ3v) is 2.07. The zero-order valence-electron chi connectivity index (χ0n) is 7.12. The van der Waals surface area contributed by atoms with E-state index in [4.69, 9.17) is 4.74 Å². The van der Waals surface area contributed by atoms with Crippen LogP contribution in [0.15, 0.2) is 0 Å². The third kappa shape index (κ3) is 3.18. The van der Waals surface area contributed by atoms with Crippen LogP contribution in [0.2, 0.25) is 0 Å². The van der Waals surface area contributed by atoms with Crippen LogP contribution in [0.4, 0.5) is 0 Å². The summed E-state index contributed by atoms with van der Waals surface area (Å²) >= 11 is 0. The molecular weight excluding hydrogens is 142 g/mol. The second-order valence-electron chi connectivity index (χ2n) is 3.09. The van der Waals surface area contributed by atoms with Gasteiger partial charge >= 0.3 is 0 Å². The zero-order valence-corrected chi connectivity index (χ0v) is 7.12. The molecule has 3 nitrogen and oxygen atoms in total. The van der Waals surface area contributed by atoms with Gasteiger partial charge in [-0.15, -0.1) is 0 Å². The van der Waals surface area contributed by atoms with E-state index < -0.39 is 0 Å². The van der Waals surface area contributed by atoms with Crippen LogP contribution < -0.4 is 0 Å². The fourth-order valence-electron chi connectivity index (χ4n) is 1.45. The molecule has 0 aromatic heterocycles. The summed E-state index contributed by atoms with van der Waals surface area (Å²) in [6, 6.07) is 0. The molecule has 1 aliphatic rings. The number of aliphatic hydroxyl groups is 1. The fourth-order valence-corrected chi connectivity index (χ4v) is 1.45. The van der Waals surface area contributed by atoms with Crippen molar-refractivity contribution in [1.29, 1.82) is 0 Å². The molecule has 0 saturated carbocycles. The molecular formula is C8H17NO2. The van der Waals surface area contributed by atoms with Gasteiger partial charge in [0.1, 0.15) is 0 Å². The number of methoxy groups -OCH3 is 1. The Labute approximate surface area is 68.0 Å². The predicted molar refractivity (Wildman–Crippen MR) is 43.6 cm³/mol. The van der Waals surface area contributed by atoms with Crippen molar-refractivity contribution in [2.24, 2.45) is 0 Å². The van der Waals surface area contributed by atoms with Crippen molar-refractivity contribution in [1.82, 2.24) is 4.90 Å². The highest BCUT2D eigenvalue weighted by atomic mass is 16.5. The topological polar surface area (TPSA) is 32.7 Å². The van der Waals surface area contributed by atoms with Crippen molar-refractivity contribution in [3.63, 3.8) is 0 Å². The molecule has 66 valence electrons. The van der Waals surface area contributed by atoms with Gasteiger partial charge in [0.2, 0.25) is 0 Å². The number of hydrogen-bond acceptors (Lipinski definition) is 3. The molecule has 1 atom stereocenters. The summed E-state index contributed by atoms with van der Waals surface area (Å²) in [6.45, 7) is 3.78. The number of likely N-dealkylation sites (tertiary alicyclic amines) is 1. The second kappa shape index (κ2) is 4.70. The van der Waals surface area contributed by atoms with Crippen molar-refractivity contribution >= 4 is 0 Å². The zero-order chi connectivity index (χ0) is 8.10. The molecule has 1 unspecified atom stereocenters. The van der Waals surface area contributed by atoms with Crippen molar-refractivity contribution in [3.05, 3.63) is 0 Å². The minimum Gasteiger partial charge on any atom is -0.392 e. The summed E-state index contributed by atoms with van der Waals surface area (Å²) in [4.78, 5) is 2.28. The molecule has 0 aromatic rings. The molecule has 0 spiro atoms. The lowest BCUT2D eigenvalue weighted by molar-refractivity contribution is 0.159. The fraction of sp³-hybridized carbons (Fsp3) is 1.00. The summed E-state index contributed by atoms with van der Waals surface area (Å²) in [5, 5.41) is 9.18. The summed E-state index contributed by atoms with van der Waals surface area (Å²) in [5.41, 5.74) is 0. The summed E-state index contributed by atoms with van der Waals surface area (Å²) in [6.07, 6.45) is 1.92. The highest BCUT2D eigenvalue weighted by Gasteiger charge is 2.18. The maximum atomic E-state index is 9.18. The van der Waals surface area contributed by atoms with E-state index in [2.05, 4.69) is 4.90 Å². The van der Waals surface area contributed by atoms with E-state index in [0.717, 1.165) is 39.1 Å². The molecule has 0 aliphatic carbocycles. The van der Waals surface area contributed by atoms with Gasteiger partial charge < -0.3 is 14.7 Å². The van der Waals surface area contributed by atoms with Crippen molar-refractivity contribution < 1.29 is 9.84 Å². The Morgan fingerprint density at radius 2 is 2.45 bits per heavy atom. The Hall–Kier alpha value is -0.120. The standard InChI is InChI=1S/C8H17NO2/c1-11-6-2-4-9-5-3-8(10)7-9/h8,10H,2-7H2,1H3. The van der Waals surface area contributed by atoms with E-state index >= 15 is 0 Å². The normalized spacial score (nSPS) is 26.2. The van der Waals surface area contributed by atoms with Crippen LogP contribution in [0.5, 0.6) is 0 Å². The van der Waals surface area contributed by atoms with Crippen LogP contribution in [-0.2, 0) is 4.74 Å². The first-order valence-electron chi connectivity index (χ1n) is 4.22. The van der Waals surface area contributed by atoms with Crippen molar-refractivity contribution in [3.8, 4) is 0 Å². The molecule has 0 bridgehead atoms. The monoisotopic (exact) mass is 159 g/mol. The van der Waals surface area contributed by atoms with Crippen LogP contribution in [-0.4, -0.2) is 49.5 Å². The van der Waals surface area contributed by atoms with E-state index in [-0.39, 0.29) is 6.10 Å².